The number of hydrogen-bond acceptors (Lipinski definition) is 4. The number of rotatable bonds is 4. The van der Waals surface area contributed by atoms with E-state index in [0.717, 1.165) is 6.54 Å². The quantitative estimate of drug-likeness (QED) is 0.891. The van der Waals surface area contributed by atoms with Gasteiger partial charge in [0, 0.05) is 36.2 Å². The molecule has 1 N–H and O–H groups in total. The van der Waals surface area contributed by atoms with Crippen LogP contribution in [0.2, 0.25) is 0 Å². The molecular formula is C17H31N3S. The Morgan fingerprint density at radius 2 is 1.95 bits per heavy atom. The summed E-state index contributed by atoms with van der Waals surface area (Å²) < 4.78 is 0. The first-order valence-corrected chi connectivity index (χ1v) is 8.90. The summed E-state index contributed by atoms with van der Waals surface area (Å²) in [5.74, 6) is 0. The molecule has 1 aromatic rings. The van der Waals surface area contributed by atoms with Gasteiger partial charge in [0.25, 0.3) is 0 Å². The fourth-order valence-corrected chi connectivity index (χ4v) is 3.70. The zero-order chi connectivity index (χ0) is 15.7. The number of aromatic nitrogens is 1. The van der Waals surface area contributed by atoms with Crippen LogP contribution in [-0.4, -0.2) is 23.6 Å². The molecular weight excluding hydrogens is 278 g/mol. The van der Waals surface area contributed by atoms with Gasteiger partial charge in [-0.3, -0.25) is 0 Å². The van der Waals surface area contributed by atoms with E-state index in [1.807, 2.05) is 17.5 Å². The van der Waals surface area contributed by atoms with Gasteiger partial charge < -0.3 is 10.2 Å². The lowest BCUT2D eigenvalue weighted by Gasteiger charge is -2.38. The largest absolute Gasteiger partial charge is 0.348 e. The molecule has 0 spiro atoms. The predicted molar refractivity (Wildman–Crippen MR) is 93.1 cm³/mol. The molecule has 2 rings (SSSR count). The van der Waals surface area contributed by atoms with Crippen molar-refractivity contribution in [3.8, 4) is 0 Å². The van der Waals surface area contributed by atoms with Crippen LogP contribution >= 0.6 is 11.3 Å². The highest BCUT2D eigenvalue weighted by atomic mass is 32.1. The Morgan fingerprint density at radius 3 is 2.52 bits per heavy atom. The van der Waals surface area contributed by atoms with E-state index in [-0.39, 0.29) is 5.54 Å². The molecule has 1 aliphatic carbocycles. The summed E-state index contributed by atoms with van der Waals surface area (Å²) in [6.45, 7) is 12.3. The van der Waals surface area contributed by atoms with E-state index in [2.05, 4.69) is 56.9 Å². The molecule has 0 aliphatic heterocycles. The lowest BCUT2D eigenvalue weighted by atomic mass is 9.75. The first kappa shape index (κ1) is 16.8. The Labute approximate surface area is 134 Å². The van der Waals surface area contributed by atoms with E-state index in [9.17, 15) is 0 Å². The molecule has 0 radical (unpaired) electrons. The number of anilines is 1. The lowest BCUT2D eigenvalue weighted by Crippen LogP contribution is -2.37. The van der Waals surface area contributed by atoms with Crippen LogP contribution in [0.3, 0.4) is 0 Å². The highest BCUT2D eigenvalue weighted by Gasteiger charge is 2.29. The third kappa shape index (κ3) is 4.96. The van der Waals surface area contributed by atoms with Crippen molar-refractivity contribution in [1.82, 2.24) is 10.3 Å². The van der Waals surface area contributed by atoms with Gasteiger partial charge in [0.05, 0.1) is 0 Å². The Balaban J connectivity index is 1.91. The van der Waals surface area contributed by atoms with Gasteiger partial charge in [-0.15, -0.1) is 11.3 Å². The normalized spacial score (nSPS) is 19.7. The van der Waals surface area contributed by atoms with Crippen molar-refractivity contribution in [3.05, 3.63) is 11.1 Å². The van der Waals surface area contributed by atoms with Crippen molar-refractivity contribution >= 4 is 16.5 Å². The smallest absolute Gasteiger partial charge is 0.185 e. The Bertz CT molecular complexity index is 449. The Hall–Kier alpha value is -0.610. The summed E-state index contributed by atoms with van der Waals surface area (Å²) in [5, 5.41) is 4.70. The van der Waals surface area contributed by atoms with E-state index in [1.54, 1.807) is 0 Å². The summed E-state index contributed by atoms with van der Waals surface area (Å²) in [5.41, 5.74) is 0.688. The van der Waals surface area contributed by atoms with Gasteiger partial charge in [-0.05, 0) is 51.9 Å². The van der Waals surface area contributed by atoms with Crippen molar-refractivity contribution in [2.24, 2.45) is 5.41 Å². The van der Waals surface area contributed by atoms with Gasteiger partial charge >= 0.3 is 0 Å². The monoisotopic (exact) mass is 309 g/mol. The van der Waals surface area contributed by atoms with Gasteiger partial charge in [0.2, 0.25) is 0 Å². The average Bonchev–Trinajstić information content (AvgIpc) is 2.83. The van der Waals surface area contributed by atoms with Crippen LogP contribution in [0.15, 0.2) is 6.20 Å². The molecule has 0 amide bonds. The minimum absolute atomic E-state index is 0.158. The number of thiazole rings is 1. The third-order valence-electron chi connectivity index (χ3n) is 4.49. The standard InChI is InChI=1S/C17H31N3S/c1-16(2,3)19-12-14-11-18-15(21-14)20(6)13-7-9-17(4,5)10-8-13/h11,13,19H,7-10,12H2,1-6H3. The van der Waals surface area contributed by atoms with Crippen molar-refractivity contribution in [3.63, 3.8) is 0 Å². The van der Waals surface area contributed by atoms with Crippen LogP contribution in [0.4, 0.5) is 5.13 Å². The molecule has 0 saturated heterocycles. The van der Waals surface area contributed by atoms with Gasteiger partial charge in [-0.1, -0.05) is 13.8 Å². The maximum Gasteiger partial charge on any atom is 0.185 e. The van der Waals surface area contributed by atoms with Gasteiger partial charge in [-0.25, -0.2) is 4.98 Å². The SMILES string of the molecule is CN(c1ncc(CNC(C)(C)C)s1)C1CCC(C)(C)CC1. The molecule has 1 aromatic heterocycles. The first-order valence-electron chi connectivity index (χ1n) is 8.09. The minimum atomic E-state index is 0.158. The van der Waals surface area contributed by atoms with Crippen LogP contribution in [0, 0.1) is 5.41 Å². The van der Waals surface area contributed by atoms with Gasteiger partial charge in [0.1, 0.15) is 0 Å². The summed E-state index contributed by atoms with van der Waals surface area (Å²) >= 11 is 1.83. The predicted octanol–water partition coefficient (Wildman–Crippen LogP) is 4.44. The zero-order valence-electron chi connectivity index (χ0n) is 14.5. The van der Waals surface area contributed by atoms with Crippen LogP contribution in [0.1, 0.15) is 65.2 Å². The molecule has 0 unspecified atom stereocenters. The van der Waals surface area contributed by atoms with Crippen LogP contribution in [0.25, 0.3) is 0 Å². The van der Waals surface area contributed by atoms with E-state index in [4.69, 9.17) is 0 Å². The average molecular weight is 310 g/mol. The molecule has 1 aliphatic rings. The van der Waals surface area contributed by atoms with Gasteiger partial charge in [-0.2, -0.15) is 0 Å². The third-order valence-corrected chi connectivity index (χ3v) is 5.58. The molecule has 1 saturated carbocycles. The van der Waals surface area contributed by atoms with E-state index in [1.165, 1.54) is 35.7 Å². The van der Waals surface area contributed by atoms with Crippen molar-refractivity contribution in [1.29, 1.82) is 0 Å². The van der Waals surface area contributed by atoms with Crippen molar-refractivity contribution < 1.29 is 0 Å². The summed E-state index contributed by atoms with van der Waals surface area (Å²) in [6, 6.07) is 0.660. The summed E-state index contributed by atoms with van der Waals surface area (Å²) in [7, 11) is 2.21. The molecule has 1 heterocycles. The van der Waals surface area contributed by atoms with Gasteiger partial charge in [0.15, 0.2) is 5.13 Å². The van der Waals surface area contributed by atoms with E-state index >= 15 is 0 Å². The maximum absolute atomic E-state index is 4.63. The molecule has 0 aromatic carbocycles. The number of nitrogens with one attached hydrogen (secondary N) is 1. The number of nitrogens with zero attached hydrogens (tertiary/aromatic N) is 2. The Morgan fingerprint density at radius 1 is 1.33 bits per heavy atom. The Kier molecular flexibility index (Phi) is 4.99. The second kappa shape index (κ2) is 6.25. The van der Waals surface area contributed by atoms with Crippen LogP contribution < -0.4 is 10.2 Å². The first-order chi connectivity index (χ1) is 9.66. The van der Waals surface area contributed by atoms with Crippen LogP contribution in [-0.2, 0) is 6.54 Å². The summed E-state index contributed by atoms with van der Waals surface area (Å²) in [6.07, 6.45) is 7.26. The molecule has 0 bridgehead atoms. The molecule has 4 heteroatoms. The van der Waals surface area contributed by atoms with E-state index < -0.39 is 0 Å². The van der Waals surface area contributed by atoms with Crippen molar-refractivity contribution in [2.45, 2.75) is 78.4 Å². The maximum atomic E-state index is 4.63. The molecule has 3 nitrogen and oxygen atoms in total. The molecule has 0 atom stereocenters. The van der Waals surface area contributed by atoms with Crippen molar-refractivity contribution in [2.75, 3.05) is 11.9 Å². The highest BCUT2D eigenvalue weighted by molar-refractivity contribution is 7.15. The second-order valence-corrected chi connectivity index (χ2v) is 9.31. The zero-order valence-corrected chi connectivity index (χ0v) is 15.3. The topological polar surface area (TPSA) is 28.2 Å². The highest BCUT2D eigenvalue weighted by Crippen LogP contribution is 2.38. The van der Waals surface area contributed by atoms with Crippen LogP contribution in [0.5, 0.6) is 0 Å². The minimum Gasteiger partial charge on any atom is -0.348 e. The molecule has 120 valence electrons. The summed E-state index contributed by atoms with van der Waals surface area (Å²) in [4.78, 5) is 8.36. The fraction of sp³-hybridized carbons (Fsp3) is 0.824. The lowest BCUT2D eigenvalue weighted by molar-refractivity contribution is 0.222. The van der Waals surface area contributed by atoms with E-state index in [0.29, 0.717) is 11.5 Å². The molecule has 1 fully saturated rings. The number of hydrogen-bond donors (Lipinski definition) is 1. The second-order valence-electron chi connectivity index (χ2n) is 8.22. The fourth-order valence-electron chi connectivity index (χ4n) is 2.82. The molecule has 21 heavy (non-hydrogen) atoms.